The molecule has 0 N–H and O–H groups in total. The van der Waals surface area contributed by atoms with Gasteiger partial charge in [0.05, 0.1) is 4.92 Å². The second-order valence-corrected chi connectivity index (χ2v) is 9.13. The Balaban J connectivity index is 1.84. The summed E-state index contributed by atoms with van der Waals surface area (Å²) < 4.78 is 25.2. The molecule has 0 aromatic carbocycles. The maximum atomic E-state index is 11.7. The van der Waals surface area contributed by atoms with Crippen molar-refractivity contribution in [1.82, 2.24) is 14.8 Å². The van der Waals surface area contributed by atoms with Gasteiger partial charge in [-0.3, -0.25) is 14.8 Å². The van der Waals surface area contributed by atoms with E-state index in [4.69, 9.17) is 0 Å². The van der Waals surface area contributed by atoms with Crippen molar-refractivity contribution < 1.29 is 13.3 Å². The fraction of sp³-hybridized carbons (Fsp3) is 0.538. The molecule has 1 unspecified atom stereocenters. The fourth-order valence-electron chi connectivity index (χ4n) is 2.88. The highest BCUT2D eigenvalue weighted by molar-refractivity contribution is 7.92. The van der Waals surface area contributed by atoms with E-state index in [1.807, 2.05) is 4.90 Å². The van der Waals surface area contributed by atoms with Crippen LogP contribution in [0.15, 0.2) is 22.9 Å². The van der Waals surface area contributed by atoms with Gasteiger partial charge in [-0.15, -0.1) is 0 Å². The molecule has 2 aromatic heterocycles. The standard InChI is InChI=1S/C13H17N5O4S2/c1-24(21,22)12-5-11(18(19)20)13(23-12)16-4-2-3-10(6-16)7-17-9-14-8-15-17/h5,8-10H,2-4,6-7H2,1H3. The summed E-state index contributed by atoms with van der Waals surface area (Å²) in [7, 11) is -3.47. The molecule has 11 heteroatoms. The molecule has 0 amide bonds. The maximum Gasteiger partial charge on any atom is 0.305 e. The van der Waals surface area contributed by atoms with Crippen molar-refractivity contribution in [1.29, 1.82) is 0 Å². The van der Waals surface area contributed by atoms with Gasteiger partial charge in [-0.2, -0.15) is 5.10 Å². The first-order chi connectivity index (χ1) is 11.3. The minimum atomic E-state index is -3.47. The zero-order valence-corrected chi connectivity index (χ0v) is 14.7. The molecule has 9 nitrogen and oxygen atoms in total. The van der Waals surface area contributed by atoms with Gasteiger partial charge in [0.25, 0.3) is 0 Å². The topological polar surface area (TPSA) is 111 Å². The Morgan fingerprint density at radius 3 is 2.92 bits per heavy atom. The summed E-state index contributed by atoms with van der Waals surface area (Å²) in [4.78, 5) is 16.6. The van der Waals surface area contributed by atoms with Crippen LogP contribution in [0, 0.1) is 16.0 Å². The molecule has 0 bridgehead atoms. The van der Waals surface area contributed by atoms with Gasteiger partial charge in [0.1, 0.15) is 16.9 Å². The van der Waals surface area contributed by atoms with E-state index in [2.05, 4.69) is 10.1 Å². The van der Waals surface area contributed by atoms with Gasteiger partial charge in [0.15, 0.2) is 14.8 Å². The summed E-state index contributed by atoms with van der Waals surface area (Å²) in [5, 5.41) is 15.8. The Bertz CT molecular complexity index is 831. The molecule has 1 fully saturated rings. The van der Waals surface area contributed by atoms with Crippen LogP contribution in [-0.2, 0) is 16.4 Å². The summed E-state index contributed by atoms with van der Waals surface area (Å²) in [6.45, 7) is 2.00. The van der Waals surface area contributed by atoms with E-state index in [0.717, 1.165) is 36.5 Å². The monoisotopic (exact) mass is 371 g/mol. The molecule has 1 aliphatic heterocycles. The van der Waals surface area contributed by atoms with E-state index >= 15 is 0 Å². The molecule has 1 saturated heterocycles. The molecule has 0 spiro atoms. The van der Waals surface area contributed by atoms with E-state index < -0.39 is 14.8 Å². The molecule has 2 aromatic rings. The van der Waals surface area contributed by atoms with Crippen molar-refractivity contribution in [3.8, 4) is 0 Å². The maximum absolute atomic E-state index is 11.7. The van der Waals surface area contributed by atoms with Crippen LogP contribution in [0.1, 0.15) is 12.8 Å². The SMILES string of the molecule is CS(=O)(=O)c1cc([N+](=O)[O-])c(N2CCCC(Cn3cncn3)C2)s1. The average molecular weight is 371 g/mol. The Labute approximate surface area is 143 Å². The Kier molecular flexibility index (Phi) is 4.54. The lowest BCUT2D eigenvalue weighted by atomic mass is 9.98. The lowest BCUT2D eigenvalue weighted by Gasteiger charge is -2.32. The van der Waals surface area contributed by atoms with Gasteiger partial charge in [0, 0.05) is 32.0 Å². The minimum Gasteiger partial charge on any atom is -0.357 e. The van der Waals surface area contributed by atoms with Crippen molar-refractivity contribution in [2.75, 3.05) is 24.2 Å². The summed E-state index contributed by atoms with van der Waals surface area (Å²) in [5.41, 5.74) is -0.137. The van der Waals surface area contributed by atoms with Crippen LogP contribution in [0.2, 0.25) is 0 Å². The normalized spacial score (nSPS) is 18.7. The highest BCUT2D eigenvalue weighted by Gasteiger charge is 2.30. The van der Waals surface area contributed by atoms with Gasteiger partial charge in [0.2, 0.25) is 0 Å². The molecule has 3 heterocycles. The number of thiophene rings is 1. The second-order valence-electron chi connectivity index (χ2n) is 5.86. The predicted molar refractivity (Wildman–Crippen MR) is 89.0 cm³/mol. The van der Waals surface area contributed by atoms with Crippen molar-refractivity contribution in [3.63, 3.8) is 0 Å². The summed E-state index contributed by atoms with van der Waals surface area (Å²) in [6, 6.07) is 1.16. The molecule has 0 saturated carbocycles. The first-order valence-corrected chi connectivity index (χ1v) is 10.1. The largest absolute Gasteiger partial charge is 0.357 e. The number of hydrogen-bond acceptors (Lipinski definition) is 8. The molecule has 24 heavy (non-hydrogen) atoms. The lowest BCUT2D eigenvalue weighted by Crippen LogP contribution is -2.37. The van der Waals surface area contributed by atoms with Crippen LogP contribution in [0.3, 0.4) is 0 Å². The summed E-state index contributed by atoms with van der Waals surface area (Å²) in [5.74, 6) is 0.281. The first-order valence-electron chi connectivity index (χ1n) is 7.40. The number of nitrogens with zero attached hydrogens (tertiary/aromatic N) is 5. The molecule has 130 valence electrons. The van der Waals surface area contributed by atoms with Crippen molar-refractivity contribution in [3.05, 3.63) is 28.8 Å². The molecule has 0 radical (unpaired) electrons. The van der Waals surface area contributed by atoms with Crippen LogP contribution in [0.5, 0.6) is 0 Å². The van der Waals surface area contributed by atoms with E-state index in [0.29, 0.717) is 24.6 Å². The Morgan fingerprint density at radius 2 is 2.29 bits per heavy atom. The number of hydrogen-bond donors (Lipinski definition) is 0. The Hall–Kier alpha value is -2.01. The lowest BCUT2D eigenvalue weighted by molar-refractivity contribution is -0.383. The zero-order valence-electron chi connectivity index (χ0n) is 13.0. The number of piperidine rings is 1. The Morgan fingerprint density at radius 1 is 1.50 bits per heavy atom. The molecule has 3 rings (SSSR count). The first kappa shape index (κ1) is 16.8. The van der Waals surface area contributed by atoms with Crippen LogP contribution >= 0.6 is 11.3 Å². The van der Waals surface area contributed by atoms with Crippen LogP contribution in [0.4, 0.5) is 10.7 Å². The van der Waals surface area contributed by atoms with Crippen molar-refractivity contribution in [2.45, 2.75) is 23.6 Å². The predicted octanol–water partition coefficient (Wildman–Crippen LogP) is 1.57. The number of nitro groups is 1. The number of aromatic nitrogens is 3. The third-order valence-corrected chi connectivity index (χ3v) is 6.94. The minimum absolute atomic E-state index is 0.0302. The van der Waals surface area contributed by atoms with Crippen molar-refractivity contribution >= 4 is 31.9 Å². The van der Waals surface area contributed by atoms with Gasteiger partial charge in [-0.1, -0.05) is 11.3 Å². The fourth-order valence-corrected chi connectivity index (χ4v) is 4.94. The third-order valence-electron chi connectivity index (χ3n) is 3.95. The highest BCUT2D eigenvalue weighted by Crippen LogP contribution is 2.41. The van der Waals surface area contributed by atoms with E-state index in [1.165, 1.54) is 6.33 Å². The second kappa shape index (κ2) is 6.48. The molecule has 1 aliphatic rings. The summed E-state index contributed by atoms with van der Waals surface area (Å²) >= 11 is 0.973. The zero-order chi connectivity index (χ0) is 17.3. The molecule has 1 atom stereocenters. The molecular weight excluding hydrogens is 354 g/mol. The number of sulfone groups is 1. The average Bonchev–Trinajstić information content (AvgIpc) is 3.15. The summed E-state index contributed by atoms with van der Waals surface area (Å²) in [6.07, 6.45) is 6.07. The van der Waals surface area contributed by atoms with E-state index in [-0.39, 0.29) is 15.8 Å². The molecular formula is C13H17N5O4S2. The highest BCUT2D eigenvalue weighted by atomic mass is 32.2. The number of anilines is 1. The third kappa shape index (κ3) is 3.56. The quantitative estimate of drug-likeness (QED) is 0.579. The van der Waals surface area contributed by atoms with Gasteiger partial charge in [-0.25, -0.2) is 13.4 Å². The molecule has 0 aliphatic carbocycles. The van der Waals surface area contributed by atoms with E-state index in [1.54, 1.807) is 11.0 Å². The van der Waals surface area contributed by atoms with E-state index in [9.17, 15) is 18.5 Å². The number of rotatable bonds is 5. The van der Waals surface area contributed by atoms with Crippen LogP contribution in [-0.4, -0.2) is 47.5 Å². The van der Waals surface area contributed by atoms with Gasteiger partial charge >= 0.3 is 5.69 Å². The van der Waals surface area contributed by atoms with Crippen molar-refractivity contribution in [2.24, 2.45) is 5.92 Å². The smallest absolute Gasteiger partial charge is 0.305 e. The van der Waals surface area contributed by atoms with Crippen LogP contribution < -0.4 is 4.90 Å². The van der Waals surface area contributed by atoms with Gasteiger partial charge < -0.3 is 4.90 Å². The van der Waals surface area contributed by atoms with Gasteiger partial charge in [-0.05, 0) is 18.8 Å². The van der Waals surface area contributed by atoms with Crippen LogP contribution in [0.25, 0.3) is 0 Å².